The summed E-state index contributed by atoms with van der Waals surface area (Å²) >= 11 is 0. The number of carbonyl (C=O) groups is 2. The molecule has 176 valence electrons. The maximum absolute atomic E-state index is 11.8. The number of rotatable bonds is 19. The third-order valence-corrected chi connectivity index (χ3v) is 5.25. The van der Waals surface area contributed by atoms with Crippen molar-refractivity contribution in [1.29, 1.82) is 0 Å². The second-order valence-electron chi connectivity index (χ2n) is 8.90. The second-order valence-corrected chi connectivity index (χ2v) is 8.90. The molecule has 0 aromatic heterocycles. The number of amides is 1. The molecule has 0 atom stereocenters. The van der Waals surface area contributed by atoms with Crippen molar-refractivity contribution in [3.05, 3.63) is 0 Å². The van der Waals surface area contributed by atoms with Crippen molar-refractivity contribution in [1.82, 2.24) is 5.32 Å². The molecule has 1 amide bonds. The first-order chi connectivity index (χ1) is 13.9. The van der Waals surface area contributed by atoms with Crippen LogP contribution in [0.3, 0.4) is 0 Å². The molecule has 0 fully saturated rings. The monoisotopic (exact) mass is 413 g/mol. The highest BCUT2D eigenvalue weighted by Gasteiger charge is 2.06. The van der Waals surface area contributed by atoms with Crippen LogP contribution in [0.1, 0.15) is 139 Å². The van der Waals surface area contributed by atoms with Crippen LogP contribution >= 0.6 is 0 Å². The van der Waals surface area contributed by atoms with Crippen LogP contribution < -0.4 is 5.32 Å². The summed E-state index contributed by atoms with van der Waals surface area (Å²) in [5.41, 5.74) is 0. The first-order valence-electron chi connectivity index (χ1n) is 12.7. The molecule has 0 saturated carbocycles. The van der Waals surface area contributed by atoms with Crippen LogP contribution in [0, 0.1) is 11.8 Å². The Bertz CT molecular complexity index is 370. The number of hydrogen-bond acceptors (Lipinski definition) is 2. The standard InChI is InChI=1S/C24H47NO2.C2H6.H2/c1-21(2)17-13-9-7-8-12-16-20-25-24(27)19-15-11-6-5-10-14-18-23(26)22(3)4;1-2;/h21-22H,5-20H2,1-4H3,(H,25,27);1-2H3;1H. The van der Waals surface area contributed by atoms with Gasteiger partial charge in [-0.2, -0.15) is 0 Å². The number of unbranched alkanes of at least 4 members (excludes halogenated alkanes) is 10. The van der Waals surface area contributed by atoms with Gasteiger partial charge in [0.25, 0.3) is 0 Å². The number of carbonyl (C=O) groups excluding carboxylic acids is 2. The van der Waals surface area contributed by atoms with Crippen LogP contribution in [0.2, 0.25) is 0 Å². The lowest BCUT2D eigenvalue weighted by Gasteiger charge is -2.06. The minimum Gasteiger partial charge on any atom is -0.356 e. The van der Waals surface area contributed by atoms with E-state index in [1.165, 1.54) is 51.4 Å². The fraction of sp³-hybridized carbons (Fsp3) is 0.923. The van der Waals surface area contributed by atoms with Gasteiger partial charge >= 0.3 is 0 Å². The van der Waals surface area contributed by atoms with Gasteiger partial charge in [0.1, 0.15) is 5.78 Å². The minimum atomic E-state index is 0. The second kappa shape index (κ2) is 23.4. The van der Waals surface area contributed by atoms with Gasteiger partial charge in [-0.05, 0) is 25.2 Å². The number of ketones is 1. The molecule has 0 radical (unpaired) electrons. The average Bonchev–Trinajstić information content (AvgIpc) is 2.69. The lowest BCUT2D eigenvalue weighted by atomic mass is 10.0. The van der Waals surface area contributed by atoms with E-state index in [9.17, 15) is 9.59 Å². The lowest BCUT2D eigenvalue weighted by molar-refractivity contribution is -0.122. The molecule has 0 aliphatic carbocycles. The van der Waals surface area contributed by atoms with Crippen molar-refractivity contribution >= 4 is 11.7 Å². The fourth-order valence-electron chi connectivity index (χ4n) is 3.28. The number of hydrogen-bond donors (Lipinski definition) is 1. The normalized spacial score (nSPS) is 10.8. The molecular weight excluding hydrogens is 358 g/mol. The highest BCUT2D eigenvalue weighted by atomic mass is 16.1. The Morgan fingerprint density at radius 1 is 0.655 bits per heavy atom. The SMILES string of the molecule is CC.CC(C)CCCCCCCCNC(=O)CCCCCCCCC(=O)C(C)C.[HH]. The summed E-state index contributed by atoms with van der Waals surface area (Å²) in [7, 11) is 0. The molecule has 0 saturated heterocycles. The Morgan fingerprint density at radius 2 is 1.10 bits per heavy atom. The van der Waals surface area contributed by atoms with E-state index in [1.807, 2.05) is 27.7 Å². The van der Waals surface area contributed by atoms with Crippen molar-refractivity contribution in [3.63, 3.8) is 0 Å². The van der Waals surface area contributed by atoms with Gasteiger partial charge in [0.15, 0.2) is 0 Å². The van der Waals surface area contributed by atoms with Gasteiger partial charge in [0.2, 0.25) is 5.91 Å². The quantitative estimate of drug-likeness (QED) is 0.217. The predicted octanol–water partition coefficient (Wildman–Crippen LogP) is 8.11. The average molecular weight is 414 g/mol. The topological polar surface area (TPSA) is 46.2 Å². The van der Waals surface area contributed by atoms with Crippen LogP contribution in [0.4, 0.5) is 0 Å². The summed E-state index contributed by atoms with van der Waals surface area (Å²) < 4.78 is 0. The smallest absolute Gasteiger partial charge is 0.219 e. The molecule has 1 N–H and O–H groups in total. The van der Waals surface area contributed by atoms with Gasteiger partial charge in [0, 0.05) is 26.7 Å². The summed E-state index contributed by atoms with van der Waals surface area (Å²) in [5.74, 6) is 1.62. The Morgan fingerprint density at radius 3 is 1.62 bits per heavy atom. The zero-order valence-corrected chi connectivity index (χ0v) is 20.8. The zero-order chi connectivity index (χ0) is 22.3. The maximum Gasteiger partial charge on any atom is 0.219 e. The molecule has 0 aromatic carbocycles. The maximum atomic E-state index is 11.8. The van der Waals surface area contributed by atoms with E-state index in [-0.39, 0.29) is 13.3 Å². The summed E-state index contributed by atoms with van der Waals surface area (Å²) in [5, 5.41) is 3.06. The third kappa shape index (κ3) is 25.1. The summed E-state index contributed by atoms with van der Waals surface area (Å²) in [4.78, 5) is 23.3. The van der Waals surface area contributed by atoms with Crippen LogP contribution in [0.25, 0.3) is 0 Å². The predicted molar refractivity (Wildman–Crippen MR) is 130 cm³/mol. The van der Waals surface area contributed by atoms with E-state index in [4.69, 9.17) is 0 Å². The van der Waals surface area contributed by atoms with Crippen LogP contribution in [0.15, 0.2) is 0 Å². The molecular formula is C26H55NO2. The molecule has 0 aromatic rings. The highest BCUT2D eigenvalue weighted by Crippen LogP contribution is 2.12. The number of nitrogens with one attached hydrogen (secondary N) is 1. The molecule has 3 heteroatoms. The zero-order valence-electron chi connectivity index (χ0n) is 20.8. The summed E-state index contributed by atoms with van der Waals surface area (Å²) in [6.45, 7) is 13.4. The van der Waals surface area contributed by atoms with Crippen molar-refractivity contribution in [2.75, 3.05) is 6.54 Å². The molecule has 0 unspecified atom stereocenters. The van der Waals surface area contributed by atoms with Crippen LogP contribution in [0.5, 0.6) is 0 Å². The Balaban J connectivity index is -0.00000235. The molecule has 0 spiro atoms. The largest absolute Gasteiger partial charge is 0.356 e. The molecule has 0 aliphatic rings. The van der Waals surface area contributed by atoms with Crippen molar-refractivity contribution in [3.8, 4) is 0 Å². The summed E-state index contributed by atoms with van der Waals surface area (Å²) in [6, 6.07) is 0. The third-order valence-electron chi connectivity index (χ3n) is 5.25. The van der Waals surface area contributed by atoms with E-state index in [2.05, 4.69) is 19.2 Å². The first-order valence-corrected chi connectivity index (χ1v) is 12.7. The Kier molecular flexibility index (Phi) is 24.5. The summed E-state index contributed by atoms with van der Waals surface area (Å²) in [6.07, 6.45) is 17.1. The van der Waals surface area contributed by atoms with Gasteiger partial charge in [-0.3, -0.25) is 9.59 Å². The van der Waals surface area contributed by atoms with Crippen LogP contribution in [-0.2, 0) is 9.59 Å². The van der Waals surface area contributed by atoms with Gasteiger partial charge in [-0.1, -0.05) is 106 Å². The van der Waals surface area contributed by atoms with E-state index < -0.39 is 0 Å². The molecule has 3 nitrogen and oxygen atoms in total. The Hall–Kier alpha value is -0.860. The van der Waals surface area contributed by atoms with Crippen molar-refractivity contribution in [2.45, 2.75) is 138 Å². The van der Waals surface area contributed by atoms with E-state index in [0.29, 0.717) is 12.2 Å². The van der Waals surface area contributed by atoms with E-state index >= 15 is 0 Å². The Labute approximate surface area is 184 Å². The van der Waals surface area contributed by atoms with Crippen molar-refractivity contribution in [2.24, 2.45) is 11.8 Å². The molecule has 0 heterocycles. The first kappa shape index (κ1) is 30.3. The molecule has 0 rings (SSSR count). The van der Waals surface area contributed by atoms with Gasteiger partial charge in [-0.15, -0.1) is 0 Å². The lowest BCUT2D eigenvalue weighted by Crippen LogP contribution is -2.23. The number of Topliss-reactive ketones (excluding diaryl/α,β-unsaturated/α-hetero) is 1. The minimum absolute atomic E-state index is 0. The fourth-order valence-corrected chi connectivity index (χ4v) is 3.28. The van der Waals surface area contributed by atoms with E-state index in [1.54, 1.807) is 0 Å². The van der Waals surface area contributed by atoms with Gasteiger partial charge < -0.3 is 5.32 Å². The van der Waals surface area contributed by atoms with Crippen LogP contribution in [-0.4, -0.2) is 18.2 Å². The molecule has 0 bridgehead atoms. The van der Waals surface area contributed by atoms with Gasteiger partial charge in [-0.25, -0.2) is 0 Å². The van der Waals surface area contributed by atoms with Gasteiger partial charge in [0.05, 0.1) is 0 Å². The van der Waals surface area contributed by atoms with E-state index in [0.717, 1.165) is 51.0 Å². The molecule has 0 aliphatic heterocycles. The van der Waals surface area contributed by atoms with Crippen molar-refractivity contribution < 1.29 is 11.0 Å². The highest BCUT2D eigenvalue weighted by molar-refractivity contribution is 5.80. The molecule has 29 heavy (non-hydrogen) atoms.